The minimum atomic E-state index is 0.143. The van der Waals surface area contributed by atoms with Crippen LogP contribution in [0, 0.1) is 5.92 Å². The van der Waals surface area contributed by atoms with E-state index in [1.807, 2.05) is 13.1 Å². The van der Waals surface area contributed by atoms with Crippen molar-refractivity contribution in [2.24, 2.45) is 10.9 Å². The zero-order chi connectivity index (χ0) is 20.5. The summed E-state index contributed by atoms with van der Waals surface area (Å²) in [7, 11) is 3.55. The first-order valence-corrected chi connectivity index (χ1v) is 10.6. The molecule has 0 saturated carbocycles. The highest BCUT2D eigenvalue weighted by Gasteiger charge is 2.23. The summed E-state index contributed by atoms with van der Waals surface area (Å²) in [4.78, 5) is 31.7. The number of carbonyl (C=O) groups excluding carboxylic acids is 1. The molecular formula is C20H34N8O. The third kappa shape index (κ3) is 6.28. The summed E-state index contributed by atoms with van der Waals surface area (Å²) in [6, 6.07) is 1.85. The Morgan fingerprint density at radius 2 is 1.83 bits per heavy atom. The van der Waals surface area contributed by atoms with E-state index in [4.69, 9.17) is 0 Å². The van der Waals surface area contributed by atoms with Crippen LogP contribution in [0.25, 0.3) is 0 Å². The number of likely N-dealkylation sites (tertiary alicyclic amines) is 1. The van der Waals surface area contributed by atoms with Gasteiger partial charge in [-0.3, -0.25) is 14.7 Å². The average molecular weight is 403 g/mol. The predicted molar refractivity (Wildman–Crippen MR) is 115 cm³/mol. The number of hydrogen-bond donors (Lipinski definition) is 2. The molecule has 0 spiro atoms. The number of guanidine groups is 1. The van der Waals surface area contributed by atoms with Crippen LogP contribution < -0.4 is 15.5 Å². The summed E-state index contributed by atoms with van der Waals surface area (Å²) in [5, 5.41) is 6.24. The van der Waals surface area contributed by atoms with E-state index in [0.29, 0.717) is 12.3 Å². The molecule has 0 atom stereocenters. The third-order valence-electron chi connectivity index (χ3n) is 5.80. The van der Waals surface area contributed by atoms with Gasteiger partial charge < -0.3 is 20.4 Å². The van der Waals surface area contributed by atoms with Gasteiger partial charge in [0.1, 0.15) is 0 Å². The van der Waals surface area contributed by atoms with Crippen LogP contribution in [-0.2, 0) is 4.79 Å². The van der Waals surface area contributed by atoms with E-state index >= 15 is 0 Å². The van der Waals surface area contributed by atoms with E-state index < -0.39 is 0 Å². The average Bonchev–Trinajstić information content (AvgIpc) is 2.78. The van der Waals surface area contributed by atoms with Gasteiger partial charge in [-0.1, -0.05) is 0 Å². The van der Waals surface area contributed by atoms with Crippen LogP contribution in [0.3, 0.4) is 0 Å². The Bertz CT molecular complexity index is 652. The maximum Gasteiger partial charge on any atom is 0.225 e. The van der Waals surface area contributed by atoms with Crippen LogP contribution in [0.4, 0.5) is 5.95 Å². The first-order valence-electron chi connectivity index (χ1n) is 10.6. The fraction of sp³-hybridized carbons (Fsp3) is 0.700. The normalized spacial score (nSPS) is 19.3. The highest BCUT2D eigenvalue weighted by molar-refractivity contribution is 5.80. The Morgan fingerprint density at radius 3 is 2.45 bits per heavy atom. The van der Waals surface area contributed by atoms with Crippen LogP contribution in [0.2, 0.25) is 0 Å². The van der Waals surface area contributed by atoms with Gasteiger partial charge in [-0.05, 0) is 24.8 Å². The number of piperidine rings is 1. The van der Waals surface area contributed by atoms with Crippen LogP contribution in [0.15, 0.2) is 23.5 Å². The highest BCUT2D eigenvalue weighted by atomic mass is 16.1. The SMILES string of the molecule is CN=C(NCCN1CCN(c2ncccn2)CC1)N1CCC(CC(=O)NC)CC1. The summed E-state index contributed by atoms with van der Waals surface area (Å²) in [5.41, 5.74) is 0. The Hall–Kier alpha value is -2.42. The third-order valence-corrected chi connectivity index (χ3v) is 5.80. The molecule has 1 aromatic heterocycles. The summed E-state index contributed by atoms with van der Waals surface area (Å²) in [5.74, 6) is 2.42. The summed E-state index contributed by atoms with van der Waals surface area (Å²) < 4.78 is 0. The Labute approximate surface area is 173 Å². The smallest absolute Gasteiger partial charge is 0.225 e. The predicted octanol–water partition coefficient (Wildman–Crippen LogP) is 0.0221. The van der Waals surface area contributed by atoms with Crippen molar-refractivity contribution in [2.45, 2.75) is 19.3 Å². The number of carbonyl (C=O) groups is 1. The van der Waals surface area contributed by atoms with Crippen molar-refractivity contribution in [1.82, 2.24) is 30.4 Å². The van der Waals surface area contributed by atoms with Crippen molar-refractivity contribution in [1.29, 1.82) is 0 Å². The number of hydrogen-bond acceptors (Lipinski definition) is 6. The van der Waals surface area contributed by atoms with E-state index in [-0.39, 0.29) is 5.91 Å². The Morgan fingerprint density at radius 1 is 1.14 bits per heavy atom. The number of aromatic nitrogens is 2. The summed E-state index contributed by atoms with van der Waals surface area (Å²) in [6.07, 6.45) is 6.31. The lowest BCUT2D eigenvalue weighted by Gasteiger charge is -2.36. The van der Waals surface area contributed by atoms with Gasteiger partial charge in [-0.25, -0.2) is 9.97 Å². The van der Waals surface area contributed by atoms with Crippen LogP contribution in [0.5, 0.6) is 0 Å². The van der Waals surface area contributed by atoms with Gasteiger partial charge in [0, 0.05) is 85.3 Å². The highest BCUT2D eigenvalue weighted by Crippen LogP contribution is 2.20. The minimum absolute atomic E-state index is 0.143. The van der Waals surface area contributed by atoms with Crippen molar-refractivity contribution in [3.63, 3.8) is 0 Å². The second-order valence-electron chi connectivity index (χ2n) is 7.66. The van der Waals surface area contributed by atoms with E-state index in [0.717, 1.165) is 77.1 Å². The molecule has 3 heterocycles. The molecule has 29 heavy (non-hydrogen) atoms. The molecule has 0 radical (unpaired) electrons. The van der Waals surface area contributed by atoms with Gasteiger partial charge in [-0.2, -0.15) is 0 Å². The number of rotatable bonds is 6. The molecular weight excluding hydrogens is 368 g/mol. The maximum absolute atomic E-state index is 11.6. The molecule has 0 aliphatic carbocycles. The second kappa shape index (κ2) is 10.9. The molecule has 2 saturated heterocycles. The molecule has 2 aliphatic heterocycles. The molecule has 1 amide bonds. The van der Waals surface area contributed by atoms with Crippen molar-refractivity contribution in [2.75, 3.05) is 71.4 Å². The van der Waals surface area contributed by atoms with Crippen molar-refractivity contribution < 1.29 is 4.79 Å². The largest absolute Gasteiger partial charge is 0.359 e. The lowest BCUT2D eigenvalue weighted by molar-refractivity contribution is -0.121. The van der Waals surface area contributed by atoms with E-state index in [1.165, 1.54) is 0 Å². The molecule has 1 aromatic rings. The minimum Gasteiger partial charge on any atom is -0.359 e. The molecule has 2 aliphatic rings. The topological polar surface area (TPSA) is 89.0 Å². The molecule has 2 fully saturated rings. The summed E-state index contributed by atoms with van der Waals surface area (Å²) in [6.45, 7) is 7.73. The lowest BCUT2D eigenvalue weighted by atomic mass is 9.93. The van der Waals surface area contributed by atoms with E-state index in [1.54, 1.807) is 19.4 Å². The standard InChI is InChI=1S/C20H34N8O/c1-21-18(29)16-17-4-9-27(10-5-17)19(22-2)25-8-11-26-12-14-28(15-13-26)20-23-6-3-7-24-20/h3,6-7,17H,4-5,8-16H2,1-2H3,(H,21,29)(H,22,25). The molecule has 0 bridgehead atoms. The van der Waals surface area contributed by atoms with E-state index in [9.17, 15) is 4.79 Å². The van der Waals surface area contributed by atoms with Crippen LogP contribution in [0.1, 0.15) is 19.3 Å². The van der Waals surface area contributed by atoms with Gasteiger partial charge in [0.05, 0.1) is 0 Å². The molecule has 160 valence electrons. The van der Waals surface area contributed by atoms with E-state index in [2.05, 4.69) is 40.3 Å². The lowest BCUT2D eigenvalue weighted by Crippen LogP contribution is -2.51. The fourth-order valence-corrected chi connectivity index (χ4v) is 4.00. The number of nitrogens with one attached hydrogen (secondary N) is 2. The number of amides is 1. The first-order chi connectivity index (χ1) is 14.2. The fourth-order valence-electron chi connectivity index (χ4n) is 4.00. The van der Waals surface area contributed by atoms with Gasteiger partial charge in [0.15, 0.2) is 5.96 Å². The molecule has 0 aromatic carbocycles. The molecule has 9 nitrogen and oxygen atoms in total. The first kappa shape index (κ1) is 21.3. The molecule has 9 heteroatoms. The second-order valence-corrected chi connectivity index (χ2v) is 7.66. The number of nitrogens with zero attached hydrogens (tertiary/aromatic N) is 6. The van der Waals surface area contributed by atoms with Gasteiger partial charge >= 0.3 is 0 Å². The molecule has 2 N–H and O–H groups in total. The zero-order valence-corrected chi connectivity index (χ0v) is 17.7. The number of aliphatic imine (C=N–C) groups is 1. The quantitative estimate of drug-likeness (QED) is 0.512. The monoisotopic (exact) mass is 402 g/mol. The molecule has 0 unspecified atom stereocenters. The Balaban J connectivity index is 1.34. The van der Waals surface area contributed by atoms with Gasteiger partial charge in [0.2, 0.25) is 11.9 Å². The van der Waals surface area contributed by atoms with Crippen LogP contribution >= 0.6 is 0 Å². The van der Waals surface area contributed by atoms with Gasteiger partial charge in [-0.15, -0.1) is 0 Å². The maximum atomic E-state index is 11.6. The molecule has 3 rings (SSSR count). The number of piperazine rings is 1. The van der Waals surface area contributed by atoms with Crippen molar-refractivity contribution in [3.05, 3.63) is 18.5 Å². The number of anilines is 1. The van der Waals surface area contributed by atoms with Crippen molar-refractivity contribution in [3.8, 4) is 0 Å². The van der Waals surface area contributed by atoms with Crippen LogP contribution in [-0.4, -0.2) is 98.1 Å². The van der Waals surface area contributed by atoms with Crippen molar-refractivity contribution >= 4 is 17.8 Å². The zero-order valence-electron chi connectivity index (χ0n) is 17.7. The van der Waals surface area contributed by atoms with Gasteiger partial charge in [0.25, 0.3) is 0 Å². The summed E-state index contributed by atoms with van der Waals surface area (Å²) >= 11 is 0. The Kier molecular flexibility index (Phi) is 8.03.